The van der Waals surface area contributed by atoms with Crippen LogP contribution in [0.25, 0.3) is 0 Å². The number of H-pyrrole nitrogens is 1. The Kier molecular flexibility index (Phi) is 3.16. The first-order valence-electron chi connectivity index (χ1n) is 5.19. The van der Waals surface area contributed by atoms with Gasteiger partial charge in [0.15, 0.2) is 0 Å². The second-order valence-electron chi connectivity index (χ2n) is 3.65. The molecule has 1 aromatic rings. The number of hydrogen-bond donors (Lipinski definition) is 2. The number of nitrogens with zero attached hydrogens (tertiary/aromatic N) is 3. The Morgan fingerprint density at radius 2 is 2.41 bits per heavy atom. The van der Waals surface area contributed by atoms with Gasteiger partial charge in [-0.1, -0.05) is 0 Å². The molecular formula is C10H11N5O2. The molecule has 2 heterocycles. The molecule has 2 rings (SSSR count). The third kappa shape index (κ3) is 2.32. The summed E-state index contributed by atoms with van der Waals surface area (Å²) < 4.78 is 0. The Morgan fingerprint density at radius 1 is 1.59 bits per heavy atom. The minimum atomic E-state index is -0.495. The molecule has 88 valence electrons. The van der Waals surface area contributed by atoms with E-state index in [0.717, 1.165) is 0 Å². The number of aromatic amines is 1. The van der Waals surface area contributed by atoms with Gasteiger partial charge in [-0.3, -0.25) is 9.59 Å². The zero-order valence-electron chi connectivity index (χ0n) is 9.01. The molecule has 0 spiro atoms. The summed E-state index contributed by atoms with van der Waals surface area (Å²) in [7, 11) is 0. The van der Waals surface area contributed by atoms with Gasteiger partial charge in [0.2, 0.25) is 0 Å². The monoisotopic (exact) mass is 233 g/mol. The van der Waals surface area contributed by atoms with Crippen LogP contribution in [-0.4, -0.2) is 46.7 Å². The summed E-state index contributed by atoms with van der Waals surface area (Å²) in [4.78, 5) is 24.3. The van der Waals surface area contributed by atoms with Gasteiger partial charge in [-0.05, 0) is 6.07 Å². The molecule has 1 fully saturated rings. The van der Waals surface area contributed by atoms with E-state index in [-0.39, 0.29) is 17.2 Å². The maximum atomic E-state index is 12.0. The van der Waals surface area contributed by atoms with Gasteiger partial charge in [-0.15, -0.1) is 0 Å². The highest BCUT2D eigenvalue weighted by Crippen LogP contribution is 2.07. The molecule has 1 aliphatic heterocycles. The lowest BCUT2D eigenvalue weighted by Crippen LogP contribution is -2.53. The lowest BCUT2D eigenvalue weighted by atomic mass is 10.2. The van der Waals surface area contributed by atoms with E-state index in [1.54, 1.807) is 0 Å². The molecule has 1 saturated heterocycles. The lowest BCUT2D eigenvalue weighted by molar-refractivity contribution is 0.0679. The first kappa shape index (κ1) is 11.3. The van der Waals surface area contributed by atoms with Crippen LogP contribution in [0.15, 0.2) is 16.9 Å². The highest BCUT2D eigenvalue weighted by molar-refractivity contribution is 5.92. The summed E-state index contributed by atoms with van der Waals surface area (Å²) in [5.41, 5.74) is -0.217. The number of nitrogens with one attached hydrogen (secondary N) is 2. The molecule has 7 heteroatoms. The number of aromatic nitrogens is 2. The molecule has 1 aromatic heterocycles. The van der Waals surface area contributed by atoms with E-state index in [0.29, 0.717) is 19.6 Å². The maximum Gasteiger partial charge on any atom is 0.275 e. The molecule has 1 unspecified atom stereocenters. The van der Waals surface area contributed by atoms with Gasteiger partial charge in [0.1, 0.15) is 11.7 Å². The van der Waals surface area contributed by atoms with Gasteiger partial charge in [0.05, 0.1) is 6.07 Å². The van der Waals surface area contributed by atoms with Gasteiger partial charge < -0.3 is 10.2 Å². The number of hydrogen-bond acceptors (Lipinski definition) is 5. The van der Waals surface area contributed by atoms with Gasteiger partial charge in [0.25, 0.3) is 11.5 Å². The molecular weight excluding hydrogens is 222 g/mol. The number of nitriles is 1. The molecule has 7 nitrogen and oxygen atoms in total. The van der Waals surface area contributed by atoms with Crippen molar-refractivity contribution in [3.05, 3.63) is 28.2 Å². The van der Waals surface area contributed by atoms with Crippen LogP contribution in [0.2, 0.25) is 0 Å². The van der Waals surface area contributed by atoms with Crippen molar-refractivity contribution in [2.24, 2.45) is 0 Å². The van der Waals surface area contributed by atoms with Crippen LogP contribution in [0.5, 0.6) is 0 Å². The fourth-order valence-electron chi connectivity index (χ4n) is 1.67. The normalized spacial score (nSPS) is 19.7. The topological polar surface area (TPSA) is 102 Å². The quantitative estimate of drug-likeness (QED) is 0.628. The van der Waals surface area contributed by atoms with Crippen molar-refractivity contribution in [2.75, 3.05) is 19.6 Å². The van der Waals surface area contributed by atoms with Crippen LogP contribution in [0.3, 0.4) is 0 Å². The molecule has 1 amide bonds. The average Bonchev–Trinajstić information content (AvgIpc) is 2.39. The fraction of sp³-hybridized carbons (Fsp3) is 0.400. The van der Waals surface area contributed by atoms with E-state index in [1.165, 1.54) is 17.0 Å². The summed E-state index contributed by atoms with van der Waals surface area (Å²) in [5, 5.41) is 17.8. The third-order valence-electron chi connectivity index (χ3n) is 2.55. The van der Waals surface area contributed by atoms with E-state index >= 15 is 0 Å². The van der Waals surface area contributed by atoms with Crippen LogP contribution in [0.4, 0.5) is 0 Å². The fourth-order valence-corrected chi connectivity index (χ4v) is 1.67. The van der Waals surface area contributed by atoms with Gasteiger partial charge in [-0.2, -0.15) is 10.4 Å². The van der Waals surface area contributed by atoms with Crippen molar-refractivity contribution in [1.82, 2.24) is 20.4 Å². The molecule has 2 N–H and O–H groups in total. The van der Waals surface area contributed by atoms with Crippen molar-refractivity contribution >= 4 is 5.91 Å². The highest BCUT2D eigenvalue weighted by Gasteiger charge is 2.27. The van der Waals surface area contributed by atoms with Crippen molar-refractivity contribution in [3.8, 4) is 6.07 Å². The van der Waals surface area contributed by atoms with Crippen LogP contribution >= 0.6 is 0 Å². The summed E-state index contributed by atoms with van der Waals surface area (Å²) in [5.74, 6) is -0.339. The lowest BCUT2D eigenvalue weighted by Gasteiger charge is -2.31. The third-order valence-corrected chi connectivity index (χ3v) is 2.55. The largest absolute Gasteiger partial charge is 0.319 e. The number of carbonyl (C=O) groups excluding carboxylic acids is 1. The van der Waals surface area contributed by atoms with Crippen molar-refractivity contribution in [3.63, 3.8) is 0 Å². The van der Waals surface area contributed by atoms with E-state index in [2.05, 4.69) is 21.6 Å². The van der Waals surface area contributed by atoms with Crippen molar-refractivity contribution < 1.29 is 4.79 Å². The number of amides is 1. The van der Waals surface area contributed by atoms with E-state index in [4.69, 9.17) is 5.26 Å². The first-order valence-corrected chi connectivity index (χ1v) is 5.19. The Bertz CT molecular complexity index is 498. The second-order valence-corrected chi connectivity index (χ2v) is 3.65. The number of rotatable bonds is 1. The SMILES string of the molecule is N#CC1CNCCN1C(=O)c1ccc(=O)[nH]n1. The molecule has 0 bridgehead atoms. The second kappa shape index (κ2) is 4.76. The Balaban J connectivity index is 2.21. The molecule has 0 aliphatic carbocycles. The predicted molar refractivity (Wildman–Crippen MR) is 58.2 cm³/mol. The van der Waals surface area contributed by atoms with Crippen molar-refractivity contribution in [1.29, 1.82) is 5.26 Å². The summed E-state index contributed by atoms with van der Waals surface area (Å²) >= 11 is 0. The minimum absolute atomic E-state index is 0.145. The van der Waals surface area contributed by atoms with Gasteiger partial charge >= 0.3 is 0 Å². The molecule has 0 aromatic carbocycles. The molecule has 1 atom stereocenters. The first-order chi connectivity index (χ1) is 8.22. The standard InChI is InChI=1S/C10H11N5O2/c11-5-7-6-12-3-4-15(7)10(17)8-1-2-9(16)14-13-8/h1-2,7,12H,3-4,6H2,(H,14,16). The van der Waals surface area contributed by atoms with E-state index in [9.17, 15) is 9.59 Å². The van der Waals surface area contributed by atoms with Crippen molar-refractivity contribution in [2.45, 2.75) is 6.04 Å². The average molecular weight is 233 g/mol. The highest BCUT2D eigenvalue weighted by atomic mass is 16.2. The van der Waals surface area contributed by atoms with E-state index < -0.39 is 6.04 Å². The number of piperazine rings is 1. The van der Waals surface area contributed by atoms with Crippen LogP contribution in [0.1, 0.15) is 10.5 Å². The summed E-state index contributed by atoms with van der Waals surface area (Å²) in [6, 6.07) is 4.16. The zero-order valence-corrected chi connectivity index (χ0v) is 9.01. The molecule has 0 saturated carbocycles. The van der Waals surface area contributed by atoms with Crippen LogP contribution in [0, 0.1) is 11.3 Å². The Morgan fingerprint density at radius 3 is 3.06 bits per heavy atom. The molecule has 17 heavy (non-hydrogen) atoms. The van der Waals surface area contributed by atoms with E-state index in [1.807, 2.05) is 0 Å². The smallest absolute Gasteiger partial charge is 0.275 e. The number of carbonyl (C=O) groups is 1. The molecule has 1 aliphatic rings. The maximum absolute atomic E-state index is 12.0. The predicted octanol–water partition coefficient (Wildman–Crippen LogP) is -1.29. The minimum Gasteiger partial charge on any atom is -0.319 e. The zero-order chi connectivity index (χ0) is 12.3. The summed E-state index contributed by atoms with van der Waals surface area (Å²) in [6.45, 7) is 1.55. The Hall–Kier alpha value is -2.20. The van der Waals surface area contributed by atoms with Gasteiger partial charge in [-0.25, -0.2) is 5.10 Å². The van der Waals surface area contributed by atoms with Gasteiger partial charge in [0, 0.05) is 25.7 Å². The summed E-state index contributed by atoms with van der Waals surface area (Å²) in [6.07, 6.45) is 0. The Labute approximate surface area is 97.0 Å². The van der Waals surface area contributed by atoms with Crippen LogP contribution < -0.4 is 10.9 Å². The van der Waals surface area contributed by atoms with Crippen LogP contribution in [-0.2, 0) is 0 Å². The molecule has 0 radical (unpaired) electrons.